The summed E-state index contributed by atoms with van der Waals surface area (Å²) in [7, 11) is 2.96. The second-order valence-electron chi connectivity index (χ2n) is 5.99. The lowest BCUT2D eigenvalue weighted by molar-refractivity contribution is -0.306. The fourth-order valence-corrected chi connectivity index (χ4v) is 2.67. The molecule has 6 nitrogen and oxygen atoms in total. The first-order chi connectivity index (χ1) is 12.4. The standard InChI is InChI=1S/C20H23NO5/c1-13-7-9-14(10-8-13)11-15(12-18(22)23)20(24)21-19-16(25-2)5-4-6-17(19)26-3/h4-10,15H,11-12H2,1-3H3,(H,21,24)(H,22,23)/p-1/t15-/m0/s1. The molecule has 0 spiro atoms. The van der Waals surface area contributed by atoms with E-state index in [1.54, 1.807) is 18.2 Å². The van der Waals surface area contributed by atoms with Crippen LogP contribution in [0.3, 0.4) is 0 Å². The van der Waals surface area contributed by atoms with Crippen molar-refractivity contribution in [2.75, 3.05) is 19.5 Å². The quantitative estimate of drug-likeness (QED) is 0.781. The summed E-state index contributed by atoms with van der Waals surface area (Å²) in [5.74, 6) is -1.63. The number of amides is 1. The number of ether oxygens (including phenoxy) is 2. The molecule has 1 atom stereocenters. The van der Waals surface area contributed by atoms with E-state index in [1.807, 2.05) is 31.2 Å². The van der Waals surface area contributed by atoms with Gasteiger partial charge in [0.25, 0.3) is 0 Å². The third-order valence-corrected chi connectivity index (χ3v) is 4.06. The average Bonchev–Trinajstić information content (AvgIpc) is 2.62. The van der Waals surface area contributed by atoms with Crippen molar-refractivity contribution < 1.29 is 24.2 Å². The number of para-hydroxylation sites is 1. The summed E-state index contributed by atoms with van der Waals surface area (Å²) in [5, 5.41) is 13.9. The number of anilines is 1. The van der Waals surface area contributed by atoms with Crippen molar-refractivity contribution in [3.05, 3.63) is 53.6 Å². The molecule has 0 saturated heterocycles. The molecule has 26 heavy (non-hydrogen) atoms. The van der Waals surface area contributed by atoms with E-state index < -0.39 is 17.8 Å². The lowest BCUT2D eigenvalue weighted by Gasteiger charge is -2.20. The Kier molecular flexibility index (Phi) is 6.60. The molecule has 0 aliphatic carbocycles. The molecule has 0 unspecified atom stereocenters. The van der Waals surface area contributed by atoms with Gasteiger partial charge in [0.05, 0.1) is 14.2 Å². The highest BCUT2D eigenvalue weighted by Gasteiger charge is 2.22. The van der Waals surface area contributed by atoms with Crippen LogP contribution in [0.25, 0.3) is 0 Å². The van der Waals surface area contributed by atoms with Gasteiger partial charge in [-0.3, -0.25) is 4.79 Å². The van der Waals surface area contributed by atoms with Crippen molar-refractivity contribution in [3.63, 3.8) is 0 Å². The summed E-state index contributed by atoms with van der Waals surface area (Å²) in [6.45, 7) is 1.96. The molecule has 0 aliphatic heterocycles. The van der Waals surface area contributed by atoms with Crippen LogP contribution in [0.1, 0.15) is 17.5 Å². The average molecular weight is 356 g/mol. The Morgan fingerprint density at radius 1 is 1.04 bits per heavy atom. The molecule has 2 aromatic carbocycles. The van der Waals surface area contributed by atoms with Crippen molar-refractivity contribution in [2.45, 2.75) is 19.8 Å². The third kappa shape index (κ3) is 4.99. The Morgan fingerprint density at radius 2 is 1.62 bits per heavy atom. The summed E-state index contributed by atoms with van der Waals surface area (Å²) in [4.78, 5) is 23.9. The van der Waals surface area contributed by atoms with Crippen LogP contribution in [0, 0.1) is 12.8 Å². The fourth-order valence-electron chi connectivity index (χ4n) is 2.67. The van der Waals surface area contributed by atoms with E-state index in [-0.39, 0.29) is 12.8 Å². The first kappa shape index (κ1) is 19.3. The monoisotopic (exact) mass is 356 g/mol. The molecule has 0 heterocycles. The molecule has 0 aliphatic rings. The van der Waals surface area contributed by atoms with Crippen LogP contribution in [0.2, 0.25) is 0 Å². The minimum absolute atomic E-state index is 0.289. The summed E-state index contributed by atoms with van der Waals surface area (Å²) in [6, 6.07) is 12.7. The Bertz CT molecular complexity index is 748. The number of benzene rings is 2. The lowest BCUT2D eigenvalue weighted by Crippen LogP contribution is -2.32. The molecule has 0 fully saturated rings. The van der Waals surface area contributed by atoms with Gasteiger partial charge in [-0.1, -0.05) is 35.9 Å². The van der Waals surface area contributed by atoms with Gasteiger partial charge in [0, 0.05) is 11.9 Å². The number of carboxylic acids is 1. The highest BCUT2D eigenvalue weighted by Crippen LogP contribution is 2.34. The van der Waals surface area contributed by atoms with Gasteiger partial charge in [0.15, 0.2) is 0 Å². The van der Waals surface area contributed by atoms with E-state index in [9.17, 15) is 14.7 Å². The SMILES string of the molecule is COc1cccc(OC)c1NC(=O)[C@H](CC(=O)[O-])Cc1ccc(C)cc1. The Morgan fingerprint density at radius 3 is 2.12 bits per heavy atom. The minimum atomic E-state index is -1.27. The van der Waals surface area contributed by atoms with Gasteiger partial charge >= 0.3 is 0 Å². The summed E-state index contributed by atoms with van der Waals surface area (Å²) >= 11 is 0. The van der Waals surface area contributed by atoms with E-state index in [1.165, 1.54) is 14.2 Å². The fraction of sp³-hybridized carbons (Fsp3) is 0.300. The molecule has 2 aromatic rings. The molecule has 0 aromatic heterocycles. The van der Waals surface area contributed by atoms with Crippen LogP contribution < -0.4 is 19.9 Å². The Hall–Kier alpha value is -3.02. The van der Waals surface area contributed by atoms with Crippen LogP contribution in [0.15, 0.2) is 42.5 Å². The van der Waals surface area contributed by atoms with E-state index in [0.717, 1.165) is 11.1 Å². The smallest absolute Gasteiger partial charge is 0.228 e. The number of carbonyl (C=O) groups excluding carboxylic acids is 2. The zero-order valence-electron chi connectivity index (χ0n) is 15.1. The minimum Gasteiger partial charge on any atom is -0.550 e. The summed E-state index contributed by atoms with van der Waals surface area (Å²) in [5.41, 5.74) is 2.34. The van der Waals surface area contributed by atoms with Crippen LogP contribution in [0.5, 0.6) is 11.5 Å². The second kappa shape index (κ2) is 8.89. The molecule has 0 bridgehead atoms. The number of hydrogen-bond donors (Lipinski definition) is 1. The van der Waals surface area contributed by atoms with E-state index in [2.05, 4.69) is 5.32 Å². The van der Waals surface area contributed by atoms with E-state index in [0.29, 0.717) is 17.2 Å². The molecule has 1 N–H and O–H groups in total. The maximum Gasteiger partial charge on any atom is 0.228 e. The van der Waals surface area contributed by atoms with Gasteiger partial charge in [0.2, 0.25) is 5.91 Å². The predicted molar refractivity (Wildman–Crippen MR) is 96.2 cm³/mol. The number of aryl methyl sites for hydroxylation is 1. The predicted octanol–water partition coefficient (Wildman–Crippen LogP) is 1.95. The number of rotatable bonds is 8. The molecule has 2 rings (SSSR count). The van der Waals surface area contributed by atoms with Gasteiger partial charge in [-0.25, -0.2) is 0 Å². The van der Waals surface area contributed by atoms with Crippen molar-refractivity contribution in [1.29, 1.82) is 0 Å². The maximum absolute atomic E-state index is 12.7. The van der Waals surface area contributed by atoms with Crippen molar-refractivity contribution in [2.24, 2.45) is 5.92 Å². The first-order valence-electron chi connectivity index (χ1n) is 8.21. The highest BCUT2D eigenvalue weighted by atomic mass is 16.5. The summed E-state index contributed by atoms with van der Waals surface area (Å²) in [6.07, 6.45) is -0.0886. The number of carbonyl (C=O) groups is 2. The topological polar surface area (TPSA) is 87.7 Å². The zero-order chi connectivity index (χ0) is 19.1. The largest absolute Gasteiger partial charge is 0.550 e. The molecule has 6 heteroatoms. The number of methoxy groups -OCH3 is 2. The van der Waals surface area contributed by atoms with Crippen molar-refractivity contribution in [3.8, 4) is 11.5 Å². The number of nitrogens with one attached hydrogen (secondary N) is 1. The molecular weight excluding hydrogens is 334 g/mol. The maximum atomic E-state index is 12.7. The van der Waals surface area contributed by atoms with Gasteiger partial charge in [-0.05, 0) is 37.5 Å². The number of aliphatic carboxylic acids is 1. The Balaban J connectivity index is 2.24. The molecular formula is C20H22NO5-. The van der Waals surface area contributed by atoms with Gasteiger partial charge in [-0.2, -0.15) is 0 Å². The van der Waals surface area contributed by atoms with Crippen LogP contribution in [-0.4, -0.2) is 26.1 Å². The number of carboxylic acid groups (broad SMARTS) is 1. The van der Waals surface area contributed by atoms with Gasteiger partial charge in [-0.15, -0.1) is 0 Å². The highest BCUT2D eigenvalue weighted by molar-refractivity contribution is 5.97. The van der Waals surface area contributed by atoms with Crippen LogP contribution >= 0.6 is 0 Å². The lowest BCUT2D eigenvalue weighted by atomic mass is 9.94. The van der Waals surface area contributed by atoms with Gasteiger partial charge in [0.1, 0.15) is 17.2 Å². The van der Waals surface area contributed by atoms with Gasteiger partial charge < -0.3 is 24.7 Å². The zero-order valence-corrected chi connectivity index (χ0v) is 15.1. The Labute approximate surface area is 152 Å². The van der Waals surface area contributed by atoms with E-state index >= 15 is 0 Å². The van der Waals surface area contributed by atoms with Crippen LogP contribution in [0.4, 0.5) is 5.69 Å². The molecule has 0 saturated carbocycles. The molecule has 1 amide bonds. The van der Waals surface area contributed by atoms with Crippen molar-refractivity contribution in [1.82, 2.24) is 0 Å². The van der Waals surface area contributed by atoms with Crippen LogP contribution in [-0.2, 0) is 16.0 Å². The second-order valence-corrected chi connectivity index (χ2v) is 5.99. The summed E-state index contributed by atoms with van der Waals surface area (Å²) < 4.78 is 10.5. The number of hydrogen-bond acceptors (Lipinski definition) is 5. The first-order valence-corrected chi connectivity index (χ1v) is 8.21. The molecule has 0 radical (unpaired) electrons. The normalized spacial score (nSPS) is 11.5. The van der Waals surface area contributed by atoms with E-state index in [4.69, 9.17) is 9.47 Å². The third-order valence-electron chi connectivity index (χ3n) is 4.06. The van der Waals surface area contributed by atoms with Crippen molar-refractivity contribution >= 4 is 17.6 Å². The molecule has 138 valence electrons.